The molecule has 0 nitrogen and oxygen atoms in total. The van der Waals surface area contributed by atoms with E-state index in [9.17, 15) is 0 Å². The third-order valence-electron chi connectivity index (χ3n) is 4.06. The molecule has 0 heterocycles. The van der Waals surface area contributed by atoms with Gasteiger partial charge in [0, 0.05) is 0 Å². The number of hydrogen-bond donors (Lipinski definition) is 0. The second kappa shape index (κ2) is 9.06. The molecule has 2 aromatic rings. The van der Waals surface area contributed by atoms with E-state index < -0.39 is 0 Å². The minimum atomic E-state index is 0. The van der Waals surface area contributed by atoms with Crippen molar-refractivity contribution in [3.63, 3.8) is 0 Å². The van der Waals surface area contributed by atoms with Gasteiger partial charge in [-0.2, -0.15) is 0 Å². The quantitative estimate of drug-likeness (QED) is 0.641. The molecule has 0 N–H and O–H groups in total. The molecule has 0 aromatic heterocycles. The van der Waals surface area contributed by atoms with Crippen molar-refractivity contribution in [2.45, 2.75) is 29.8 Å². The summed E-state index contributed by atoms with van der Waals surface area (Å²) in [5.41, 5.74) is 7.37. The first-order chi connectivity index (χ1) is 9.81. The van der Waals surface area contributed by atoms with Crippen molar-refractivity contribution in [1.82, 2.24) is 0 Å². The molecule has 0 aliphatic heterocycles. The Labute approximate surface area is 161 Å². The van der Waals surface area contributed by atoms with Gasteiger partial charge >= 0.3 is 137 Å². The largest absolute Gasteiger partial charge is 1.00 e. The van der Waals surface area contributed by atoms with Gasteiger partial charge in [0.15, 0.2) is 0 Å². The molecule has 2 aromatic carbocycles. The molecule has 1 aliphatic rings. The van der Waals surface area contributed by atoms with Gasteiger partial charge in [0.05, 0.1) is 0 Å². The van der Waals surface area contributed by atoms with Crippen LogP contribution in [-0.4, -0.2) is 0 Å². The Morgan fingerprint density at radius 2 is 1.68 bits per heavy atom. The molecule has 0 saturated carbocycles. The minimum absolute atomic E-state index is 0. The second-order valence-electron chi connectivity index (χ2n) is 5.43. The fourth-order valence-corrected chi connectivity index (χ4v) is 4.11. The Kier molecular flexibility index (Phi) is 8.11. The summed E-state index contributed by atoms with van der Waals surface area (Å²) in [7, 11) is 0. The van der Waals surface area contributed by atoms with Crippen molar-refractivity contribution in [2.75, 3.05) is 0 Å². The first kappa shape index (κ1) is 19.7. The van der Waals surface area contributed by atoms with Gasteiger partial charge in [-0.3, -0.25) is 0 Å². The molecule has 1 aliphatic carbocycles. The summed E-state index contributed by atoms with van der Waals surface area (Å²) in [6, 6.07) is 17.6. The number of hydrogen-bond acceptors (Lipinski definition) is 0. The van der Waals surface area contributed by atoms with Crippen LogP contribution >= 0.6 is 0 Å². The van der Waals surface area contributed by atoms with Gasteiger partial charge in [-0.25, -0.2) is 0 Å². The molecule has 1 atom stereocenters. The molecule has 3 rings (SSSR count). The summed E-state index contributed by atoms with van der Waals surface area (Å²) < 4.78 is 0.674. The van der Waals surface area contributed by atoms with Crippen molar-refractivity contribution >= 4 is 6.08 Å². The summed E-state index contributed by atoms with van der Waals surface area (Å²) in [5.74, 6) is 0. The molecule has 1 unspecified atom stereocenters. The molecule has 0 spiro atoms. The Morgan fingerprint density at radius 1 is 0.955 bits per heavy atom. The standard InChI is InChI=1S/C19H19.2ClH.Zr/c1-2-3-8-15-13-17-11-7-12-18(19(17)14-15)16-9-5-4-6-10-16;;;/h4-7,9-14H,2-3,8H2,1H3;2*1H;/q;;;+2/p-2. The van der Waals surface area contributed by atoms with E-state index in [1.807, 2.05) is 0 Å². The molecule has 113 valence electrons. The van der Waals surface area contributed by atoms with E-state index in [4.69, 9.17) is 0 Å². The number of unbranched alkanes of at least 4 members (excludes halogenated alkanes) is 1. The zero-order valence-corrected chi connectivity index (χ0v) is 16.6. The molecule has 22 heavy (non-hydrogen) atoms. The summed E-state index contributed by atoms with van der Waals surface area (Å²) in [4.78, 5) is 0. The maximum Gasteiger partial charge on any atom is -1.00 e. The molecule has 3 heteroatoms. The van der Waals surface area contributed by atoms with Crippen LogP contribution in [-0.2, 0) is 24.7 Å². The van der Waals surface area contributed by atoms with Gasteiger partial charge in [0.2, 0.25) is 0 Å². The number of benzene rings is 2. The Balaban J connectivity index is 0.00000121. The van der Waals surface area contributed by atoms with E-state index in [1.165, 1.54) is 41.5 Å². The van der Waals surface area contributed by atoms with E-state index in [2.05, 4.69) is 61.5 Å². The number of fused-ring (bicyclic) bond motifs is 1. The fraction of sp³-hybridized carbons (Fsp3) is 0.263. The van der Waals surface area contributed by atoms with Crippen LogP contribution in [0.25, 0.3) is 17.2 Å². The van der Waals surface area contributed by atoms with Crippen LogP contribution in [0.2, 0.25) is 0 Å². The maximum atomic E-state index is 2.46. The zero-order chi connectivity index (χ0) is 13.9. The van der Waals surface area contributed by atoms with Crippen molar-refractivity contribution < 1.29 is 49.5 Å². The Morgan fingerprint density at radius 3 is 2.36 bits per heavy atom. The van der Waals surface area contributed by atoms with Crippen LogP contribution in [0.5, 0.6) is 0 Å². The van der Waals surface area contributed by atoms with Crippen molar-refractivity contribution in [3.05, 3.63) is 65.2 Å². The van der Waals surface area contributed by atoms with Crippen LogP contribution < -0.4 is 24.8 Å². The summed E-state index contributed by atoms with van der Waals surface area (Å²) >= 11 is 1.62. The first-order valence-corrected chi connectivity index (χ1v) is 8.83. The first-order valence-electron chi connectivity index (χ1n) is 7.41. The molecule has 0 fully saturated rings. The Bertz CT molecular complexity index is 635. The molecular weight excluding hydrogens is 390 g/mol. The van der Waals surface area contributed by atoms with Crippen LogP contribution in [0, 0.1) is 0 Å². The van der Waals surface area contributed by atoms with E-state index >= 15 is 0 Å². The van der Waals surface area contributed by atoms with E-state index in [0.29, 0.717) is 3.63 Å². The zero-order valence-electron chi connectivity index (χ0n) is 12.7. The van der Waals surface area contributed by atoms with Crippen molar-refractivity contribution in [2.24, 2.45) is 0 Å². The van der Waals surface area contributed by atoms with Gasteiger partial charge in [0.25, 0.3) is 0 Å². The molecule has 0 saturated heterocycles. The van der Waals surface area contributed by atoms with Gasteiger partial charge in [-0.1, -0.05) is 0 Å². The van der Waals surface area contributed by atoms with Crippen LogP contribution in [0.15, 0.2) is 54.1 Å². The van der Waals surface area contributed by atoms with Gasteiger partial charge in [0.1, 0.15) is 0 Å². The SMILES string of the molecule is CCCCC1=Cc2c(-c3ccccc3)cccc2[CH]1[Zr+2].[Cl-].[Cl-]. The number of rotatable bonds is 4. The fourth-order valence-electron chi connectivity index (χ4n) is 2.93. The number of halogens is 2. The smallest absolute Gasteiger partial charge is 1.00 e. The van der Waals surface area contributed by atoms with Crippen LogP contribution in [0.1, 0.15) is 40.9 Å². The monoisotopic (exact) mass is 407 g/mol. The minimum Gasteiger partial charge on any atom is -1.00 e. The van der Waals surface area contributed by atoms with E-state index in [0.717, 1.165) is 0 Å². The predicted molar refractivity (Wildman–Crippen MR) is 82.1 cm³/mol. The third-order valence-corrected chi connectivity index (χ3v) is 5.73. The second-order valence-corrected chi connectivity index (χ2v) is 6.85. The average Bonchev–Trinajstić information content (AvgIpc) is 2.83. The maximum absolute atomic E-state index is 2.46. The summed E-state index contributed by atoms with van der Waals surface area (Å²) in [5, 5.41) is 0. The van der Waals surface area contributed by atoms with Crippen molar-refractivity contribution in [1.29, 1.82) is 0 Å². The molecular formula is C19H19Cl2Zr. The normalized spacial score (nSPS) is 15.4. The topological polar surface area (TPSA) is 0 Å². The molecule has 0 amide bonds. The van der Waals surface area contributed by atoms with Crippen molar-refractivity contribution in [3.8, 4) is 11.1 Å². The molecule has 0 radical (unpaired) electrons. The summed E-state index contributed by atoms with van der Waals surface area (Å²) in [6.45, 7) is 2.27. The average molecular weight is 409 g/mol. The Hall–Kier alpha value is -0.357. The van der Waals surface area contributed by atoms with E-state index in [-0.39, 0.29) is 24.8 Å². The van der Waals surface area contributed by atoms with Gasteiger partial charge in [-0.15, -0.1) is 0 Å². The summed E-state index contributed by atoms with van der Waals surface area (Å²) in [6.07, 6.45) is 6.31. The van der Waals surface area contributed by atoms with E-state index in [1.54, 1.807) is 30.3 Å². The van der Waals surface area contributed by atoms with Crippen LogP contribution in [0.3, 0.4) is 0 Å². The molecule has 0 bridgehead atoms. The third kappa shape index (κ3) is 3.94. The van der Waals surface area contributed by atoms with Gasteiger partial charge < -0.3 is 24.8 Å². The van der Waals surface area contributed by atoms with Gasteiger partial charge in [-0.05, 0) is 0 Å². The number of allylic oxidation sites excluding steroid dienone is 1. The predicted octanol–water partition coefficient (Wildman–Crippen LogP) is -0.463. The van der Waals surface area contributed by atoms with Crippen LogP contribution in [0.4, 0.5) is 0 Å².